The van der Waals surface area contributed by atoms with Crippen molar-refractivity contribution in [3.8, 4) is 0 Å². The Balaban J connectivity index is 1.78. The molecule has 1 saturated heterocycles. The van der Waals surface area contributed by atoms with Crippen molar-refractivity contribution in [1.82, 2.24) is 9.80 Å². The molecular weight excluding hydrogens is 260 g/mol. The first-order valence-electron chi connectivity index (χ1n) is 8.28. The van der Waals surface area contributed by atoms with Gasteiger partial charge < -0.3 is 10.0 Å². The number of rotatable bonds is 7. The van der Waals surface area contributed by atoms with Gasteiger partial charge in [0.1, 0.15) is 0 Å². The van der Waals surface area contributed by atoms with Crippen molar-refractivity contribution in [1.29, 1.82) is 0 Å². The Kier molecular flexibility index (Phi) is 6.22. The predicted molar refractivity (Wildman–Crippen MR) is 88.5 cm³/mol. The molecule has 1 N–H and O–H groups in total. The quantitative estimate of drug-likeness (QED) is 0.836. The third-order valence-electron chi connectivity index (χ3n) is 4.76. The van der Waals surface area contributed by atoms with Crippen LogP contribution in [0.2, 0.25) is 0 Å². The van der Waals surface area contributed by atoms with Crippen molar-refractivity contribution in [2.75, 3.05) is 33.2 Å². The van der Waals surface area contributed by atoms with Crippen LogP contribution >= 0.6 is 0 Å². The Morgan fingerprint density at radius 1 is 1.38 bits per heavy atom. The second kappa shape index (κ2) is 7.92. The molecule has 2 atom stereocenters. The first-order chi connectivity index (χ1) is 10.1. The molecule has 1 aromatic rings. The number of hydrogen-bond acceptors (Lipinski definition) is 3. The molecule has 0 aromatic heterocycles. The van der Waals surface area contributed by atoms with Gasteiger partial charge in [-0.15, -0.1) is 0 Å². The molecule has 21 heavy (non-hydrogen) atoms. The third-order valence-corrected chi connectivity index (χ3v) is 4.76. The molecule has 2 rings (SSSR count). The molecule has 3 heteroatoms. The summed E-state index contributed by atoms with van der Waals surface area (Å²) in [4.78, 5) is 4.95. The molecule has 1 heterocycles. The van der Waals surface area contributed by atoms with Gasteiger partial charge in [-0.05, 0) is 57.5 Å². The summed E-state index contributed by atoms with van der Waals surface area (Å²) in [6.45, 7) is 8.79. The average Bonchev–Trinajstić information content (AvgIpc) is 2.92. The monoisotopic (exact) mass is 290 g/mol. The lowest BCUT2D eigenvalue weighted by Crippen LogP contribution is -2.39. The second-order valence-corrected chi connectivity index (χ2v) is 6.35. The standard InChI is InChI=1S/C18H30N2O/c1-4-20-12-7-9-16(20)14-19(3)13-11-18(21)17-10-6-5-8-15(17)2/h5-6,8,10,16,18,21H,4,7,9,11-14H2,1-3H3. The molecule has 118 valence electrons. The van der Waals surface area contributed by atoms with Crippen LogP contribution in [0.5, 0.6) is 0 Å². The van der Waals surface area contributed by atoms with Crippen LogP contribution in [0, 0.1) is 6.92 Å². The predicted octanol–water partition coefficient (Wildman–Crippen LogP) is 2.83. The van der Waals surface area contributed by atoms with Crippen LogP contribution in [0.4, 0.5) is 0 Å². The molecule has 0 amide bonds. The highest BCUT2D eigenvalue weighted by atomic mass is 16.3. The maximum Gasteiger partial charge on any atom is 0.0804 e. The topological polar surface area (TPSA) is 26.7 Å². The highest BCUT2D eigenvalue weighted by molar-refractivity contribution is 5.27. The van der Waals surface area contributed by atoms with Gasteiger partial charge in [-0.2, -0.15) is 0 Å². The largest absolute Gasteiger partial charge is 0.388 e. The van der Waals surface area contributed by atoms with E-state index >= 15 is 0 Å². The molecule has 0 spiro atoms. The highest BCUT2D eigenvalue weighted by Gasteiger charge is 2.24. The maximum absolute atomic E-state index is 10.4. The van der Waals surface area contributed by atoms with Gasteiger partial charge >= 0.3 is 0 Å². The van der Waals surface area contributed by atoms with E-state index in [1.54, 1.807) is 0 Å². The maximum atomic E-state index is 10.4. The van der Waals surface area contributed by atoms with E-state index in [2.05, 4.69) is 36.8 Å². The minimum Gasteiger partial charge on any atom is -0.388 e. The van der Waals surface area contributed by atoms with E-state index in [0.717, 1.165) is 31.6 Å². The van der Waals surface area contributed by atoms with E-state index in [4.69, 9.17) is 0 Å². The van der Waals surface area contributed by atoms with Gasteiger partial charge in [-0.25, -0.2) is 0 Å². The molecular formula is C18H30N2O. The Morgan fingerprint density at radius 3 is 2.86 bits per heavy atom. The molecule has 1 aliphatic heterocycles. The van der Waals surface area contributed by atoms with Gasteiger partial charge in [0, 0.05) is 19.1 Å². The third kappa shape index (κ3) is 4.53. The van der Waals surface area contributed by atoms with E-state index in [0.29, 0.717) is 6.04 Å². The fraction of sp³-hybridized carbons (Fsp3) is 0.667. The summed E-state index contributed by atoms with van der Waals surface area (Å²) in [6.07, 6.45) is 3.11. The van der Waals surface area contributed by atoms with Crippen LogP contribution in [-0.2, 0) is 0 Å². The van der Waals surface area contributed by atoms with Crippen LogP contribution in [0.25, 0.3) is 0 Å². The number of aliphatic hydroxyl groups excluding tert-OH is 1. The Hall–Kier alpha value is -0.900. The molecule has 1 fully saturated rings. The van der Waals surface area contributed by atoms with Crippen molar-refractivity contribution < 1.29 is 5.11 Å². The molecule has 1 aromatic carbocycles. The molecule has 0 radical (unpaired) electrons. The number of likely N-dealkylation sites (N-methyl/N-ethyl adjacent to an activating group) is 2. The molecule has 0 bridgehead atoms. The summed E-state index contributed by atoms with van der Waals surface area (Å²) >= 11 is 0. The van der Waals surface area contributed by atoms with Crippen LogP contribution < -0.4 is 0 Å². The van der Waals surface area contributed by atoms with Gasteiger partial charge in [0.2, 0.25) is 0 Å². The number of nitrogens with zero attached hydrogens (tertiary/aromatic N) is 2. The minimum absolute atomic E-state index is 0.348. The summed E-state index contributed by atoms with van der Waals surface area (Å²) < 4.78 is 0. The lowest BCUT2D eigenvalue weighted by atomic mass is 10.0. The molecule has 1 aliphatic rings. The van der Waals surface area contributed by atoms with E-state index in [1.807, 2.05) is 18.2 Å². The normalized spacial score (nSPS) is 21.1. The number of likely N-dealkylation sites (tertiary alicyclic amines) is 1. The summed E-state index contributed by atoms with van der Waals surface area (Å²) in [5.41, 5.74) is 2.25. The summed E-state index contributed by atoms with van der Waals surface area (Å²) in [6, 6.07) is 8.84. The minimum atomic E-state index is -0.348. The highest BCUT2D eigenvalue weighted by Crippen LogP contribution is 2.21. The van der Waals surface area contributed by atoms with Crippen LogP contribution in [0.3, 0.4) is 0 Å². The van der Waals surface area contributed by atoms with Crippen molar-refractivity contribution in [3.63, 3.8) is 0 Å². The Morgan fingerprint density at radius 2 is 2.14 bits per heavy atom. The van der Waals surface area contributed by atoms with Crippen molar-refractivity contribution in [2.45, 2.75) is 45.3 Å². The lowest BCUT2D eigenvalue weighted by Gasteiger charge is -2.28. The van der Waals surface area contributed by atoms with E-state index in [9.17, 15) is 5.11 Å². The molecule has 0 saturated carbocycles. The number of benzene rings is 1. The lowest BCUT2D eigenvalue weighted by molar-refractivity contribution is 0.136. The van der Waals surface area contributed by atoms with Crippen LogP contribution in [0.1, 0.15) is 43.4 Å². The van der Waals surface area contributed by atoms with Crippen LogP contribution in [0.15, 0.2) is 24.3 Å². The SMILES string of the molecule is CCN1CCCC1CN(C)CCC(O)c1ccccc1C. The molecule has 2 unspecified atom stereocenters. The Bertz CT molecular complexity index is 435. The van der Waals surface area contributed by atoms with Crippen molar-refractivity contribution in [3.05, 3.63) is 35.4 Å². The fourth-order valence-electron chi connectivity index (χ4n) is 3.43. The zero-order valence-corrected chi connectivity index (χ0v) is 13.8. The Labute approximate surface area is 129 Å². The van der Waals surface area contributed by atoms with E-state index in [-0.39, 0.29) is 6.10 Å². The van der Waals surface area contributed by atoms with Gasteiger partial charge in [0.05, 0.1) is 6.10 Å². The van der Waals surface area contributed by atoms with E-state index < -0.39 is 0 Å². The van der Waals surface area contributed by atoms with Crippen molar-refractivity contribution in [2.24, 2.45) is 0 Å². The summed E-state index contributed by atoms with van der Waals surface area (Å²) in [5, 5.41) is 10.4. The van der Waals surface area contributed by atoms with Gasteiger partial charge in [-0.1, -0.05) is 31.2 Å². The second-order valence-electron chi connectivity index (χ2n) is 6.35. The number of aryl methyl sites for hydroxylation is 1. The van der Waals surface area contributed by atoms with Gasteiger partial charge in [-0.3, -0.25) is 4.90 Å². The zero-order chi connectivity index (χ0) is 15.2. The summed E-state index contributed by atoms with van der Waals surface area (Å²) in [7, 11) is 2.18. The van der Waals surface area contributed by atoms with Gasteiger partial charge in [0.15, 0.2) is 0 Å². The number of aliphatic hydroxyl groups is 1. The first kappa shape index (κ1) is 16.5. The van der Waals surface area contributed by atoms with Gasteiger partial charge in [0.25, 0.3) is 0 Å². The first-order valence-corrected chi connectivity index (χ1v) is 8.28. The van der Waals surface area contributed by atoms with Crippen molar-refractivity contribution >= 4 is 0 Å². The van der Waals surface area contributed by atoms with Crippen LogP contribution in [-0.4, -0.2) is 54.2 Å². The molecule has 0 aliphatic carbocycles. The molecule has 3 nitrogen and oxygen atoms in total. The summed E-state index contributed by atoms with van der Waals surface area (Å²) in [5.74, 6) is 0. The fourth-order valence-corrected chi connectivity index (χ4v) is 3.43. The average molecular weight is 290 g/mol. The smallest absolute Gasteiger partial charge is 0.0804 e. The number of hydrogen-bond donors (Lipinski definition) is 1. The zero-order valence-electron chi connectivity index (χ0n) is 13.8. The van der Waals surface area contributed by atoms with E-state index in [1.165, 1.54) is 24.9 Å².